The third-order valence-corrected chi connectivity index (χ3v) is 3.90. The Bertz CT molecular complexity index is 596. The molecule has 0 saturated heterocycles. The average Bonchev–Trinajstić information content (AvgIpc) is 2.80. The molecule has 0 fully saturated rings. The van der Waals surface area contributed by atoms with E-state index in [9.17, 15) is 5.11 Å². The van der Waals surface area contributed by atoms with Gasteiger partial charge in [0.1, 0.15) is 5.75 Å². The van der Waals surface area contributed by atoms with Crippen molar-refractivity contribution in [1.82, 2.24) is 9.78 Å². The molecule has 1 aromatic heterocycles. The van der Waals surface area contributed by atoms with Crippen molar-refractivity contribution in [3.8, 4) is 5.75 Å². The van der Waals surface area contributed by atoms with E-state index in [4.69, 9.17) is 4.74 Å². The number of aryl methyl sites for hydroxylation is 2. The molecule has 2 aromatic rings. The number of nitrogens with zero attached hydrogens (tertiary/aromatic N) is 2. The van der Waals surface area contributed by atoms with Gasteiger partial charge in [-0.15, -0.1) is 0 Å². The normalized spacial score (nSPS) is 12.4. The van der Waals surface area contributed by atoms with Crippen LogP contribution in [0.4, 0.5) is 0 Å². The highest BCUT2D eigenvalue weighted by atomic mass is 79.9. The monoisotopic (exact) mass is 338 g/mol. The molecule has 0 aliphatic heterocycles. The molecule has 1 N–H and O–H groups in total. The zero-order valence-electron chi connectivity index (χ0n) is 11.9. The van der Waals surface area contributed by atoms with E-state index in [1.54, 1.807) is 11.8 Å². The summed E-state index contributed by atoms with van der Waals surface area (Å²) >= 11 is 3.46. The van der Waals surface area contributed by atoms with E-state index in [2.05, 4.69) is 21.0 Å². The summed E-state index contributed by atoms with van der Waals surface area (Å²) in [7, 11) is 3.51. The molecule has 0 bridgehead atoms. The number of aromatic nitrogens is 2. The van der Waals surface area contributed by atoms with Gasteiger partial charge in [-0.3, -0.25) is 4.68 Å². The summed E-state index contributed by atoms with van der Waals surface area (Å²) in [5, 5.41) is 14.8. The molecule has 1 aromatic carbocycles. The lowest BCUT2D eigenvalue weighted by Gasteiger charge is -2.12. The summed E-state index contributed by atoms with van der Waals surface area (Å²) in [5.74, 6) is 0.791. The number of benzene rings is 1. The van der Waals surface area contributed by atoms with Crippen molar-refractivity contribution in [3.63, 3.8) is 0 Å². The molecule has 0 spiro atoms. The maximum Gasteiger partial charge on any atom is 0.133 e. The number of methoxy groups -OCH3 is 1. The SMILES string of the molecule is CCc1nn(C)cc1C(O)Cc1ccc(OC)c(Br)c1. The topological polar surface area (TPSA) is 47.3 Å². The lowest BCUT2D eigenvalue weighted by molar-refractivity contribution is 0.177. The van der Waals surface area contributed by atoms with Gasteiger partial charge in [0.25, 0.3) is 0 Å². The molecule has 0 radical (unpaired) electrons. The Hall–Kier alpha value is -1.33. The molecule has 1 heterocycles. The van der Waals surface area contributed by atoms with Crippen LogP contribution in [0.25, 0.3) is 0 Å². The second-order valence-corrected chi connectivity index (χ2v) is 5.60. The van der Waals surface area contributed by atoms with E-state index in [1.807, 2.05) is 38.4 Å². The van der Waals surface area contributed by atoms with Crippen LogP contribution < -0.4 is 4.74 Å². The standard InChI is InChI=1S/C15H19BrN2O2/c1-4-13-11(9-18(2)17-13)14(19)8-10-5-6-15(20-3)12(16)7-10/h5-7,9,14,19H,4,8H2,1-3H3. The lowest BCUT2D eigenvalue weighted by Crippen LogP contribution is -2.04. The van der Waals surface area contributed by atoms with Gasteiger partial charge in [-0.05, 0) is 40.0 Å². The number of aliphatic hydroxyl groups is 1. The summed E-state index contributed by atoms with van der Waals surface area (Å²) in [6.07, 6.45) is 2.72. The molecule has 0 saturated carbocycles. The molecule has 0 amide bonds. The Kier molecular flexibility index (Phi) is 4.83. The highest BCUT2D eigenvalue weighted by molar-refractivity contribution is 9.10. The van der Waals surface area contributed by atoms with E-state index < -0.39 is 6.10 Å². The van der Waals surface area contributed by atoms with Gasteiger partial charge >= 0.3 is 0 Å². The molecule has 0 aliphatic carbocycles. The first-order chi connectivity index (χ1) is 9.55. The predicted octanol–water partition coefficient (Wildman–Crippen LogP) is 3.03. The van der Waals surface area contributed by atoms with Gasteiger partial charge in [-0.25, -0.2) is 0 Å². The van der Waals surface area contributed by atoms with Crippen LogP contribution in [0.15, 0.2) is 28.9 Å². The predicted molar refractivity (Wildman–Crippen MR) is 81.9 cm³/mol. The van der Waals surface area contributed by atoms with Crippen LogP contribution in [0.5, 0.6) is 5.75 Å². The minimum Gasteiger partial charge on any atom is -0.496 e. The van der Waals surface area contributed by atoms with Crippen LogP contribution >= 0.6 is 15.9 Å². The second kappa shape index (κ2) is 6.41. The Morgan fingerprint density at radius 1 is 1.45 bits per heavy atom. The molecule has 4 nitrogen and oxygen atoms in total. The van der Waals surface area contributed by atoms with E-state index >= 15 is 0 Å². The second-order valence-electron chi connectivity index (χ2n) is 4.75. The number of aliphatic hydroxyl groups excluding tert-OH is 1. The summed E-state index contributed by atoms with van der Waals surface area (Å²) in [4.78, 5) is 0. The fraction of sp³-hybridized carbons (Fsp3) is 0.400. The van der Waals surface area contributed by atoms with Gasteiger partial charge in [0, 0.05) is 25.2 Å². The van der Waals surface area contributed by atoms with Gasteiger partial charge in [-0.2, -0.15) is 5.10 Å². The van der Waals surface area contributed by atoms with Crippen LogP contribution in [-0.2, 0) is 19.9 Å². The summed E-state index contributed by atoms with van der Waals surface area (Å²) in [6, 6.07) is 5.84. The van der Waals surface area contributed by atoms with Crippen molar-refractivity contribution in [3.05, 3.63) is 45.7 Å². The van der Waals surface area contributed by atoms with Crippen LogP contribution in [-0.4, -0.2) is 22.0 Å². The largest absolute Gasteiger partial charge is 0.496 e. The highest BCUT2D eigenvalue weighted by Gasteiger charge is 2.16. The Morgan fingerprint density at radius 2 is 2.20 bits per heavy atom. The fourth-order valence-electron chi connectivity index (χ4n) is 2.28. The van der Waals surface area contributed by atoms with Crippen molar-refractivity contribution in [1.29, 1.82) is 0 Å². The van der Waals surface area contributed by atoms with Gasteiger partial charge in [0.15, 0.2) is 0 Å². The molecule has 1 unspecified atom stereocenters. The van der Waals surface area contributed by atoms with Gasteiger partial charge < -0.3 is 9.84 Å². The smallest absolute Gasteiger partial charge is 0.133 e. The van der Waals surface area contributed by atoms with Crippen molar-refractivity contribution >= 4 is 15.9 Å². The fourth-order valence-corrected chi connectivity index (χ4v) is 2.86. The van der Waals surface area contributed by atoms with E-state index in [-0.39, 0.29) is 0 Å². The number of hydrogen-bond acceptors (Lipinski definition) is 3. The zero-order valence-corrected chi connectivity index (χ0v) is 13.5. The first-order valence-electron chi connectivity index (χ1n) is 6.58. The molecule has 1 atom stereocenters. The van der Waals surface area contributed by atoms with Crippen molar-refractivity contribution in [2.45, 2.75) is 25.9 Å². The maximum absolute atomic E-state index is 10.4. The zero-order chi connectivity index (χ0) is 14.7. The Balaban J connectivity index is 2.18. The van der Waals surface area contributed by atoms with Crippen molar-refractivity contribution in [2.75, 3.05) is 7.11 Å². The molecule has 20 heavy (non-hydrogen) atoms. The quantitative estimate of drug-likeness (QED) is 0.911. The summed E-state index contributed by atoms with van der Waals surface area (Å²) in [5.41, 5.74) is 2.91. The van der Waals surface area contributed by atoms with Crippen molar-refractivity contribution < 1.29 is 9.84 Å². The Morgan fingerprint density at radius 3 is 2.80 bits per heavy atom. The summed E-state index contributed by atoms with van der Waals surface area (Å²) in [6.45, 7) is 2.04. The van der Waals surface area contributed by atoms with Gasteiger partial charge in [0.05, 0.1) is 23.4 Å². The molecule has 108 valence electrons. The van der Waals surface area contributed by atoms with E-state index in [1.165, 1.54) is 0 Å². The third-order valence-electron chi connectivity index (χ3n) is 3.28. The van der Waals surface area contributed by atoms with Crippen LogP contribution in [0.3, 0.4) is 0 Å². The first kappa shape index (κ1) is 15.1. The van der Waals surface area contributed by atoms with E-state index in [0.717, 1.165) is 33.5 Å². The average molecular weight is 339 g/mol. The first-order valence-corrected chi connectivity index (χ1v) is 7.37. The van der Waals surface area contributed by atoms with Gasteiger partial charge in [0.2, 0.25) is 0 Å². The van der Waals surface area contributed by atoms with Crippen LogP contribution in [0.2, 0.25) is 0 Å². The summed E-state index contributed by atoms with van der Waals surface area (Å²) < 4.78 is 7.85. The minimum absolute atomic E-state index is 0.543. The van der Waals surface area contributed by atoms with Gasteiger partial charge in [-0.1, -0.05) is 13.0 Å². The molecular formula is C15H19BrN2O2. The van der Waals surface area contributed by atoms with Crippen LogP contribution in [0, 0.1) is 0 Å². The number of halogens is 1. The molecule has 2 rings (SSSR count). The number of rotatable bonds is 5. The number of hydrogen-bond donors (Lipinski definition) is 1. The van der Waals surface area contributed by atoms with E-state index in [0.29, 0.717) is 6.42 Å². The number of ether oxygens (including phenoxy) is 1. The third kappa shape index (κ3) is 3.22. The molecule has 5 heteroatoms. The molecule has 0 aliphatic rings. The minimum atomic E-state index is -0.543. The van der Waals surface area contributed by atoms with Crippen LogP contribution in [0.1, 0.15) is 29.8 Å². The van der Waals surface area contributed by atoms with Crippen molar-refractivity contribution in [2.24, 2.45) is 7.05 Å². The Labute approximate surface area is 127 Å². The lowest BCUT2D eigenvalue weighted by atomic mass is 10.0. The molecular weight excluding hydrogens is 320 g/mol. The maximum atomic E-state index is 10.4. The highest BCUT2D eigenvalue weighted by Crippen LogP contribution is 2.28.